The molecular weight excluding hydrogens is 232 g/mol. The summed E-state index contributed by atoms with van der Waals surface area (Å²) in [6, 6.07) is 6.07. The van der Waals surface area contributed by atoms with Crippen molar-refractivity contribution in [3.05, 3.63) is 36.0 Å². The highest BCUT2D eigenvalue weighted by Crippen LogP contribution is 2.19. The van der Waals surface area contributed by atoms with Crippen molar-refractivity contribution in [1.29, 1.82) is 0 Å². The third-order valence-electron chi connectivity index (χ3n) is 2.59. The summed E-state index contributed by atoms with van der Waals surface area (Å²) in [5.74, 6) is -1.69. The van der Waals surface area contributed by atoms with Crippen LogP contribution in [0.15, 0.2) is 30.5 Å². The molecule has 2 atom stereocenters. The van der Waals surface area contributed by atoms with E-state index in [-0.39, 0.29) is 0 Å². The number of H-pyrrole nitrogens is 1. The molecule has 94 valence electrons. The van der Waals surface area contributed by atoms with Gasteiger partial charge in [0, 0.05) is 31.8 Å². The largest absolute Gasteiger partial charge is 0.480 e. The summed E-state index contributed by atoms with van der Waals surface area (Å²) >= 11 is 0. The van der Waals surface area contributed by atoms with Crippen LogP contribution in [0.3, 0.4) is 0 Å². The molecule has 3 N–H and O–H groups in total. The second kappa shape index (κ2) is 4.91. The first kappa shape index (κ1) is 10.8. The van der Waals surface area contributed by atoms with Gasteiger partial charge in [0.15, 0.2) is 0 Å². The van der Waals surface area contributed by atoms with E-state index >= 15 is 0 Å². The van der Waals surface area contributed by atoms with Gasteiger partial charge in [-0.2, -0.15) is 0 Å². The molecule has 1 amide bonds. The zero-order valence-electron chi connectivity index (χ0n) is 10.8. The Bertz CT molecular complexity index is 623. The number of nitrogens with one attached hydrogen (secondary N) is 2. The van der Waals surface area contributed by atoms with Crippen LogP contribution in [0.5, 0.6) is 0 Å². The Kier molecular flexibility index (Phi) is 2.96. The summed E-state index contributed by atoms with van der Waals surface area (Å²) < 4.78 is 8.08. The number of aromatic amines is 1. The fraction of sp³-hybridized carbons (Fsp3) is 0.231. The van der Waals surface area contributed by atoms with E-state index in [1.165, 1.54) is 6.92 Å². The SMILES string of the molecule is [2H]C(c1c[nH]c2ccccc12)C(NC(C)=O)C(=O)O. The predicted octanol–water partition coefficient (Wildman–Crippen LogP) is 1.30. The Morgan fingerprint density at radius 2 is 2.22 bits per heavy atom. The maximum Gasteiger partial charge on any atom is 0.326 e. The minimum atomic E-state index is -1.27. The monoisotopic (exact) mass is 247 g/mol. The van der Waals surface area contributed by atoms with Gasteiger partial charge in [0.2, 0.25) is 5.91 Å². The average Bonchev–Trinajstić information content (AvgIpc) is 2.78. The Hall–Kier alpha value is -2.30. The highest BCUT2D eigenvalue weighted by Gasteiger charge is 2.20. The molecule has 0 radical (unpaired) electrons. The number of hydrogen-bond acceptors (Lipinski definition) is 2. The molecule has 18 heavy (non-hydrogen) atoms. The summed E-state index contributed by atoms with van der Waals surface area (Å²) in [7, 11) is 0. The van der Waals surface area contributed by atoms with E-state index in [9.17, 15) is 9.59 Å². The van der Waals surface area contributed by atoms with Crippen molar-refractivity contribution in [2.45, 2.75) is 19.4 Å². The fourth-order valence-corrected chi connectivity index (χ4v) is 1.81. The lowest BCUT2D eigenvalue weighted by Crippen LogP contribution is -2.41. The number of carboxylic acids is 1. The topological polar surface area (TPSA) is 82.2 Å². The maximum atomic E-state index is 11.2. The Balaban J connectivity index is 2.38. The molecule has 1 aromatic carbocycles. The quantitative estimate of drug-likeness (QED) is 0.761. The van der Waals surface area contributed by atoms with Crippen molar-refractivity contribution in [3.8, 4) is 0 Å². The van der Waals surface area contributed by atoms with Crippen LogP contribution in [0.4, 0.5) is 0 Å². The van der Waals surface area contributed by atoms with Crippen molar-refractivity contribution in [3.63, 3.8) is 0 Å². The van der Waals surface area contributed by atoms with Crippen LogP contribution in [0.1, 0.15) is 13.9 Å². The Labute approximate surface area is 105 Å². The molecule has 2 rings (SSSR count). The summed E-state index contributed by atoms with van der Waals surface area (Å²) in [6.45, 7) is 1.23. The van der Waals surface area contributed by atoms with E-state index < -0.39 is 24.3 Å². The second-order valence-corrected chi connectivity index (χ2v) is 3.97. The Morgan fingerprint density at radius 1 is 1.50 bits per heavy atom. The number of amides is 1. The Morgan fingerprint density at radius 3 is 2.89 bits per heavy atom. The van der Waals surface area contributed by atoms with Crippen LogP contribution < -0.4 is 5.32 Å². The molecule has 1 aromatic heterocycles. The van der Waals surface area contributed by atoms with Gasteiger partial charge in [-0.1, -0.05) is 18.2 Å². The predicted molar refractivity (Wildman–Crippen MR) is 67.2 cm³/mol. The molecule has 0 aliphatic carbocycles. The minimum Gasteiger partial charge on any atom is -0.480 e. The molecule has 0 aliphatic rings. The normalized spacial score (nSPS) is 14.8. The molecule has 0 saturated carbocycles. The number of benzene rings is 1. The number of carbonyl (C=O) groups excluding carboxylic acids is 1. The van der Waals surface area contributed by atoms with Gasteiger partial charge in [-0.3, -0.25) is 4.79 Å². The van der Waals surface area contributed by atoms with Crippen LogP contribution >= 0.6 is 0 Å². The van der Waals surface area contributed by atoms with Crippen LogP contribution in [-0.4, -0.2) is 28.0 Å². The molecule has 0 aliphatic heterocycles. The first-order chi connectivity index (χ1) is 9.00. The van der Waals surface area contributed by atoms with E-state index in [1.54, 1.807) is 6.20 Å². The molecule has 0 bridgehead atoms. The van der Waals surface area contributed by atoms with Gasteiger partial charge in [-0.15, -0.1) is 0 Å². The second-order valence-electron chi connectivity index (χ2n) is 3.97. The first-order valence-electron chi connectivity index (χ1n) is 6.06. The van der Waals surface area contributed by atoms with E-state index in [0.29, 0.717) is 5.56 Å². The van der Waals surface area contributed by atoms with Crippen molar-refractivity contribution < 1.29 is 16.1 Å². The van der Waals surface area contributed by atoms with Crippen LogP contribution in [-0.2, 0) is 16.0 Å². The fourth-order valence-electron chi connectivity index (χ4n) is 1.81. The zero-order chi connectivity index (χ0) is 14.0. The summed E-state index contributed by atoms with van der Waals surface area (Å²) in [5.41, 5.74) is 1.39. The van der Waals surface area contributed by atoms with Crippen LogP contribution in [0, 0.1) is 0 Å². The molecule has 0 saturated heterocycles. The molecule has 2 unspecified atom stereocenters. The van der Waals surface area contributed by atoms with Gasteiger partial charge in [0.25, 0.3) is 0 Å². The van der Waals surface area contributed by atoms with E-state index in [2.05, 4.69) is 10.3 Å². The molecule has 5 nitrogen and oxygen atoms in total. The smallest absolute Gasteiger partial charge is 0.326 e. The number of aliphatic carboxylic acids is 1. The number of hydrogen-bond donors (Lipinski definition) is 3. The number of rotatable bonds is 4. The number of carbonyl (C=O) groups is 2. The maximum absolute atomic E-state index is 11.2. The molecule has 0 spiro atoms. The van der Waals surface area contributed by atoms with Gasteiger partial charge in [0.1, 0.15) is 6.04 Å². The lowest BCUT2D eigenvalue weighted by Gasteiger charge is -2.12. The molecule has 5 heteroatoms. The summed E-state index contributed by atoms with van der Waals surface area (Å²) in [5, 5.41) is 12.2. The number of para-hydroxylation sites is 1. The number of carboxylic acid groups (broad SMARTS) is 1. The summed E-state index contributed by atoms with van der Waals surface area (Å²) in [4.78, 5) is 25.2. The average molecular weight is 247 g/mol. The van der Waals surface area contributed by atoms with Gasteiger partial charge < -0.3 is 15.4 Å². The van der Waals surface area contributed by atoms with Crippen molar-refractivity contribution in [2.75, 3.05) is 0 Å². The highest BCUT2D eigenvalue weighted by molar-refractivity contribution is 5.86. The first-order valence-corrected chi connectivity index (χ1v) is 5.49. The number of aromatic nitrogens is 1. The molecule has 0 fully saturated rings. The van der Waals surface area contributed by atoms with Crippen molar-refractivity contribution >= 4 is 22.8 Å². The van der Waals surface area contributed by atoms with Gasteiger partial charge in [-0.25, -0.2) is 4.79 Å². The van der Waals surface area contributed by atoms with Gasteiger partial charge in [0.05, 0.1) is 0 Å². The van der Waals surface area contributed by atoms with Crippen molar-refractivity contribution in [2.24, 2.45) is 0 Å². The molecular formula is C13H14N2O3. The third-order valence-corrected chi connectivity index (χ3v) is 2.59. The minimum absolute atomic E-state index is 0.468. The lowest BCUT2D eigenvalue weighted by molar-refractivity contribution is -0.141. The van der Waals surface area contributed by atoms with Crippen LogP contribution in [0.25, 0.3) is 10.9 Å². The zero-order valence-corrected chi connectivity index (χ0v) is 9.81. The standard InChI is InChI=1S/C13H14N2O3/c1-8(16)15-12(13(17)18)6-9-7-14-11-5-3-2-4-10(9)11/h2-5,7,12,14H,6H2,1H3,(H,15,16)(H,17,18)/i6D. The van der Waals surface area contributed by atoms with Crippen molar-refractivity contribution in [1.82, 2.24) is 10.3 Å². The van der Waals surface area contributed by atoms with E-state index in [0.717, 1.165) is 10.9 Å². The van der Waals surface area contributed by atoms with E-state index in [1.807, 2.05) is 24.3 Å². The van der Waals surface area contributed by atoms with Crippen LogP contribution in [0.2, 0.25) is 0 Å². The molecule has 2 aromatic rings. The van der Waals surface area contributed by atoms with Gasteiger partial charge >= 0.3 is 5.97 Å². The van der Waals surface area contributed by atoms with Gasteiger partial charge in [-0.05, 0) is 11.6 Å². The number of fused-ring (bicyclic) bond motifs is 1. The lowest BCUT2D eigenvalue weighted by atomic mass is 10.1. The summed E-state index contributed by atoms with van der Waals surface area (Å²) in [6.07, 6.45) is 0.539. The highest BCUT2D eigenvalue weighted by atomic mass is 16.4. The third kappa shape index (κ3) is 2.51. The molecule has 1 heterocycles. The van der Waals surface area contributed by atoms with E-state index in [4.69, 9.17) is 6.48 Å².